The van der Waals surface area contributed by atoms with E-state index in [-0.39, 0.29) is 18.1 Å². The zero-order valence-electron chi connectivity index (χ0n) is 26.8. The number of benzene rings is 2. The molecule has 47 heavy (non-hydrogen) atoms. The Balaban J connectivity index is 1.21. The fourth-order valence-corrected chi connectivity index (χ4v) is 7.01. The van der Waals surface area contributed by atoms with E-state index >= 15 is 0 Å². The van der Waals surface area contributed by atoms with E-state index in [1.165, 1.54) is 12.4 Å². The molecular weight excluding hydrogens is 641 g/mol. The predicted octanol–water partition coefficient (Wildman–Crippen LogP) is 6.10. The summed E-state index contributed by atoms with van der Waals surface area (Å²) in [6.45, 7) is 10.8. The second-order valence-electron chi connectivity index (χ2n) is 12.1. The van der Waals surface area contributed by atoms with E-state index in [2.05, 4.69) is 43.9 Å². The SMILES string of the molecule is C=CC(=O)Nc1cc(Nc2cc(N3OCC[C@@H]3Cc3cccc(Cl)c3Cl)ncn2)c(OC)cc1N1CCC(N2CCO[C@H](C)C2)CC1. The van der Waals surface area contributed by atoms with E-state index in [0.717, 1.165) is 63.3 Å². The molecule has 3 saturated heterocycles. The lowest BCUT2D eigenvalue weighted by Gasteiger charge is -2.42. The van der Waals surface area contributed by atoms with Crippen molar-refractivity contribution in [2.45, 2.75) is 50.8 Å². The van der Waals surface area contributed by atoms with Crippen LogP contribution in [0.2, 0.25) is 10.0 Å². The van der Waals surface area contributed by atoms with Gasteiger partial charge in [-0.05, 0) is 56.4 Å². The van der Waals surface area contributed by atoms with Gasteiger partial charge in [0.15, 0.2) is 5.82 Å². The van der Waals surface area contributed by atoms with Gasteiger partial charge in [-0.15, -0.1) is 0 Å². The maximum absolute atomic E-state index is 12.5. The van der Waals surface area contributed by atoms with Crippen molar-refractivity contribution < 1.29 is 19.1 Å². The number of hydrogen-bond donors (Lipinski definition) is 2. The third-order valence-corrected chi connectivity index (χ3v) is 9.85. The average molecular weight is 683 g/mol. The van der Waals surface area contributed by atoms with Crippen molar-refractivity contribution in [3.05, 3.63) is 71.0 Å². The van der Waals surface area contributed by atoms with Crippen molar-refractivity contribution in [1.29, 1.82) is 0 Å². The van der Waals surface area contributed by atoms with Gasteiger partial charge in [0.05, 0.1) is 59.6 Å². The molecule has 0 radical (unpaired) electrons. The van der Waals surface area contributed by atoms with E-state index in [9.17, 15) is 4.79 Å². The molecule has 0 saturated carbocycles. The molecule has 0 bridgehead atoms. The number of morpholine rings is 1. The van der Waals surface area contributed by atoms with Crippen LogP contribution in [0.3, 0.4) is 0 Å². The van der Waals surface area contributed by atoms with E-state index in [1.54, 1.807) is 18.2 Å². The third-order valence-electron chi connectivity index (χ3n) is 9.00. The Morgan fingerprint density at radius 1 is 1.11 bits per heavy atom. The van der Waals surface area contributed by atoms with E-state index in [4.69, 9.17) is 37.5 Å². The summed E-state index contributed by atoms with van der Waals surface area (Å²) in [5.41, 5.74) is 3.15. The lowest BCUT2D eigenvalue weighted by Crippen LogP contribution is -2.51. The molecule has 3 fully saturated rings. The molecule has 3 aliphatic heterocycles. The van der Waals surface area contributed by atoms with Gasteiger partial charge in [0.1, 0.15) is 17.9 Å². The molecule has 3 aromatic rings. The molecule has 2 atom stereocenters. The van der Waals surface area contributed by atoms with Crippen molar-refractivity contribution in [3.8, 4) is 5.75 Å². The second-order valence-corrected chi connectivity index (χ2v) is 12.8. The number of amides is 1. The zero-order valence-corrected chi connectivity index (χ0v) is 28.3. The minimum atomic E-state index is -0.291. The van der Waals surface area contributed by atoms with Crippen LogP contribution in [-0.4, -0.2) is 85.5 Å². The van der Waals surface area contributed by atoms with Gasteiger partial charge in [0.25, 0.3) is 0 Å². The first-order chi connectivity index (χ1) is 22.8. The number of piperidine rings is 1. The molecule has 2 aromatic carbocycles. The number of halogens is 2. The Labute approximate surface area is 285 Å². The molecule has 3 aliphatic rings. The standard InChI is InChI=1S/C34H41Cl2N7O4/c1-4-33(44)40-27-17-28(30(45-3)18-29(27)41-11-8-24(9-12-41)42-13-15-46-22(2)20-42)39-31-19-32(38-21-37-31)43-25(10-14-47-43)16-23-6-5-7-26(35)34(23)36/h4-7,17-19,21-22,24-25H,1,8-16,20H2,2-3H3,(H,40,44)(H,37,38,39)/t22-,25-/m1/s1. The fourth-order valence-electron chi connectivity index (χ4n) is 6.61. The molecule has 0 spiro atoms. The Hall–Kier alpha value is -3.61. The number of hydroxylamine groups is 1. The van der Waals surface area contributed by atoms with E-state index in [0.29, 0.717) is 57.9 Å². The molecule has 2 N–H and O–H groups in total. The summed E-state index contributed by atoms with van der Waals surface area (Å²) in [7, 11) is 1.63. The highest BCUT2D eigenvalue weighted by atomic mass is 35.5. The molecule has 250 valence electrons. The number of methoxy groups -OCH3 is 1. The van der Waals surface area contributed by atoms with E-state index in [1.807, 2.05) is 30.3 Å². The number of ether oxygens (including phenoxy) is 2. The first kappa shape index (κ1) is 33.3. The molecular formula is C34H41Cl2N7O4. The maximum Gasteiger partial charge on any atom is 0.247 e. The summed E-state index contributed by atoms with van der Waals surface area (Å²) in [4.78, 5) is 32.4. The molecule has 13 heteroatoms. The van der Waals surface area contributed by atoms with Crippen molar-refractivity contribution >= 4 is 57.8 Å². The lowest BCUT2D eigenvalue weighted by molar-refractivity contribution is -0.111. The number of carbonyl (C=O) groups is 1. The highest BCUT2D eigenvalue weighted by Gasteiger charge is 2.31. The maximum atomic E-state index is 12.5. The number of carbonyl (C=O) groups excluding carboxylic acids is 1. The van der Waals surface area contributed by atoms with Crippen LogP contribution in [0.4, 0.5) is 28.7 Å². The van der Waals surface area contributed by atoms with Crippen LogP contribution in [0.1, 0.15) is 31.7 Å². The molecule has 1 amide bonds. The van der Waals surface area contributed by atoms with Crippen molar-refractivity contribution in [2.24, 2.45) is 0 Å². The van der Waals surface area contributed by atoms with Crippen LogP contribution in [0.25, 0.3) is 0 Å². The van der Waals surface area contributed by atoms with Gasteiger partial charge >= 0.3 is 0 Å². The first-order valence-corrected chi connectivity index (χ1v) is 16.8. The predicted molar refractivity (Wildman–Crippen MR) is 186 cm³/mol. The smallest absolute Gasteiger partial charge is 0.247 e. The monoisotopic (exact) mass is 681 g/mol. The third kappa shape index (κ3) is 7.76. The van der Waals surface area contributed by atoms with Crippen LogP contribution in [0.5, 0.6) is 5.75 Å². The number of hydrogen-bond acceptors (Lipinski definition) is 10. The summed E-state index contributed by atoms with van der Waals surface area (Å²) in [6, 6.07) is 11.8. The summed E-state index contributed by atoms with van der Waals surface area (Å²) in [5.74, 6) is 1.47. The molecule has 0 aliphatic carbocycles. The van der Waals surface area contributed by atoms with Crippen LogP contribution in [-0.2, 0) is 20.8 Å². The normalized spacial score (nSPS) is 20.7. The summed E-state index contributed by atoms with van der Waals surface area (Å²) >= 11 is 12.8. The highest BCUT2D eigenvalue weighted by molar-refractivity contribution is 6.42. The quantitative estimate of drug-likeness (QED) is 0.244. The minimum absolute atomic E-state index is 0.0130. The molecule has 6 rings (SSSR count). The van der Waals surface area contributed by atoms with Gasteiger partial charge in [0.2, 0.25) is 5.91 Å². The highest BCUT2D eigenvalue weighted by Crippen LogP contribution is 2.40. The zero-order chi connectivity index (χ0) is 32.9. The van der Waals surface area contributed by atoms with Crippen LogP contribution >= 0.6 is 23.2 Å². The number of aromatic nitrogens is 2. The van der Waals surface area contributed by atoms with Gasteiger partial charge < -0.3 is 25.0 Å². The lowest BCUT2D eigenvalue weighted by atomic mass is 10.0. The van der Waals surface area contributed by atoms with Crippen molar-refractivity contribution in [2.75, 3.05) is 67.1 Å². The van der Waals surface area contributed by atoms with Gasteiger partial charge in [0, 0.05) is 44.4 Å². The van der Waals surface area contributed by atoms with Gasteiger partial charge in [-0.2, -0.15) is 0 Å². The van der Waals surface area contributed by atoms with Crippen molar-refractivity contribution in [3.63, 3.8) is 0 Å². The Bertz CT molecular complexity index is 1590. The Morgan fingerprint density at radius 3 is 2.70 bits per heavy atom. The Kier molecular flexibility index (Phi) is 10.7. The second kappa shape index (κ2) is 15.1. The number of nitrogens with zero attached hydrogens (tertiary/aromatic N) is 5. The molecule has 4 heterocycles. The number of rotatable bonds is 10. The number of nitrogens with one attached hydrogen (secondary N) is 2. The summed E-state index contributed by atoms with van der Waals surface area (Å²) in [6.07, 6.45) is 6.52. The largest absolute Gasteiger partial charge is 0.494 e. The minimum Gasteiger partial charge on any atom is -0.494 e. The first-order valence-electron chi connectivity index (χ1n) is 16.0. The van der Waals surface area contributed by atoms with Crippen LogP contribution < -0.4 is 25.3 Å². The molecule has 1 aromatic heterocycles. The topological polar surface area (TPSA) is 104 Å². The van der Waals surface area contributed by atoms with Crippen LogP contribution in [0.15, 0.2) is 55.4 Å². The van der Waals surface area contributed by atoms with Crippen molar-refractivity contribution in [1.82, 2.24) is 14.9 Å². The van der Waals surface area contributed by atoms with Crippen LogP contribution in [0, 0.1) is 0 Å². The van der Waals surface area contributed by atoms with Gasteiger partial charge in [-0.1, -0.05) is 41.9 Å². The van der Waals surface area contributed by atoms with E-state index < -0.39 is 0 Å². The van der Waals surface area contributed by atoms with Gasteiger partial charge in [-0.3, -0.25) is 14.5 Å². The Morgan fingerprint density at radius 2 is 1.94 bits per heavy atom. The number of anilines is 5. The molecule has 11 nitrogen and oxygen atoms in total. The average Bonchev–Trinajstić information content (AvgIpc) is 3.55. The van der Waals surface area contributed by atoms with Gasteiger partial charge in [-0.25, -0.2) is 15.0 Å². The fraction of sp³-hybridized carbons (Fsp3) is 0.441. The summed E-state index contributed by atoms with van der Waals surface area (Å²) < 4.78 is 11.6. The molecule has 0 unspecified atom stereocenters. The summed E-state index contributed by atoms with van der Waals surface area (Å²) in [5, 5.41) is 9.27.